The molecule has 2 aromatic heterocycles. The van der Waals surface area contributed by atoms with Gasteiger partial charge in [-0.2, -0.15) is 5.26 Å². The number of pyridine rings is 2. The Morgan fingerprint density at radius 3 is 2.72 bits per heavy atom. The van der Waals surface area contributed by atoms with Crippen LogP contribution in [0.2, 0.25) is 0 Å². The molecule has 0 bridgehead atoms. The number of benzene rings is 1. The van der Waals surface area contributed by atoms with E-state index in [9.17, 15) is 9.18 Å². The lowest BCUT2D eigenvalue weighted by atomic mass is 10.1. The predicted octanol–water partition coefficient (Wildman–Crippen LogP) is 3.33. The average Bonchev–Trinajstić information content (AvgIpc) is 2.63. The monoisotopic (exact) mass is 332 g/mol. The van der Waals surface area contributed by atoms with Crippen molar-refractivity contribution in [1.82, 2.24) is 9.97 Å². The van der Waals surface area contributed by atoms with E-state index in [0.29, 0.717) is 12.2 Å². The van der Waals surface area contributed by atoms with Gasteiger partial charge < -0.3 is 5.32 Å². The van der Waals surface area contributed by atoms with Crippen LogP contribution in [0.3, 0.4) is 0 Å². The number of hydrogen-bond donors (Lipinski definition) is 1. The van der Waals surface area contributed by atoms with Crippen molar-refractivity contribution < 1.29 is 9.18 Å². The molecular weight excluding hydrogens is 319 g/mol. The lowest BCUT2D eigenvalue weighted by molar-refractivity contribution is 0.102. The Hall–Kier alpha value is -3.59. The van der Waals surface area contributed by atoms with Crippen LogP contribution in [0.5, 0.6) is 0 Å². The zero-order valence-corrected chi connectivity index (χ0v) is 13.1. The zero-order valence-electron chi connectivity index (χ0n) is 13.1. The zero-order chi connectivity index (χ0) is 17.6. The van der Waals surface area contributed by atoms with E-state index in [1.807, 2.05) is 12.1 Å². The highest BCUT2D eigenvalue weighted by Gasteiger charge is 2.13. The first-order valence-corrected chi connectivity index (χ1v) is 7.51. The number of aromatic nitrogens is 2. The maximum absolute atomic E-state index is 13.2. The molecule has 122 valence electrons. The number of rotatable bonds is 4. The van der Waals surface area contributed by atoms with Crippen molar-refractivity contribution in [3.63, 3.8) is 0 Å². The van der Waals surface area contributed by atoms with Crippen molar-refractivity contribution in [3.05, 3.63) is 89.1 Å². The van der Waals surface area contributed by atoms with Gasteiger partial charge in [0.05, 0.1) is 5.56 Å². The second-order valence-corrected chi connectivity index (χ2v) is 5.32. The number of nitriles is 1. The maximum atomic E-state index is 13.2. The minimum absolute atomic E-state index is 0.0515. The molecule has 6 heteroatoms. The number of hydrogen-bond acceptors (Lipinski definition) is 4. The average molecular weight is 332 g/mol. The fourth-order valence-corrected chi connectivity index (χ4v) is 2.34. The van der Waals surface area contributed by atoms with Gasteiger partial charge in [0, 0.05) is 12.4 Å². The number of nitrogens with zero attached hydrogens (tertiary/aromatic N) is 3. The summed E-state index contributed by atoms with van der Waals surface area (Å²) < 4.78 is 13.2. The number of amides is 1. The van der Waals surface area contributed by atoms with Crippen LogP contribution >= 0.6 is 0 Å². The summed E-state index contributed by atoms with van der Waals surface area (Å²) in [5.74, 6) is -0.428. The first-order chi connectivity index (χ1) is 12.2. The van der Waals surface area contributed by atoms with Crippen molar-refractivity contribution in [2.75, 3.05) is 5.32 Å². The molecule has 0 fully saturated rings. The largest absolute Gasteiger partial charge is 0.305 e. The van der Waals surface area contributed by atoms with Crippen molar-refractivity contribution in [1.29, 1.82) is 5.26 Å². The van der Waals surface area contributed by atoms with Crippen molar-refractivity contribution >= 4 is 11.7 Å². The number of carbonyl (C=O) groups is 1. The lowest BCUT2D eigenvalue weighted by Crippen LogP contribution is -2.16. The van der Waals surface area contributed by atoms with Crippen LogP contribution in [-0.4, -0.2) is 15.9 Å². The molecule has 2 heterocycles. The molecule has 0 spiro atoms. The van der Waals surface area contributed by atoms with Gasteiger partial charge in [-0.3, -0.25) is 4.79 Å². The molecule has 0 atom stereocenters. The Labute approximate surface area is 143 Å². The molecule has 0 saturated heterocycles. The van der Waals surface area contributed by atoms with Crippen molar-refractivity contribution in [2.45, 2.75) is 6.42 Å². The third-order valence-electron chi connectivity index (χ3n) is 3.51. The molecule has 5 nitrogen and oxygen atoms in total. The van der Waals surface area contributed by atoms with Gasteiger partial charge >= 0.3 is 0 Å². The standard InChI is InChI=1S/C19H13FN4O/c20-16-5-1-3-13(10-16)9-14-6-7-17(23-12-14)24-19(25)18-15(11-21)4-2-8-22-18/h1-8,10,12H,9H2,(H,23,24,25). The Bertz CT molecular complexity index is 948. The summed E-state index contributed by atoms with van der Waals surface area (Å²) in [6.07, 6.45) is 3.60. The molecule has 0 aliphatic heterocycles. The van der Waals surface area contributed by atoms with Crippen LogP contribution < -0.4 is 5.32 Å². The van der Waals surface area contributed by atoms with Gasteiger partial charge in [-0.1, -0.05) is 18.2 Å². The van der Waals surface area contributed by atoms with Crippen molar-refractivity contribution in [3.8, 4) is 6.07 Å². The van der Waals surface area contributed by atoms with Gasteiger partial charge in [-0.25, -0.2) is 14.4 Å². The van der Waals surface area contributed by atoms with Gasteiger partial charge in [0.15, 0.2) is 0 Å². The molecule has 1 amide bonds. The van der Waals surface area contributed by atoms with Crippen LogP contribution in [0, 0.1) is 17.1 Å². The van der Waals surface area contributed by atoms with Gasteiger partial charge in [-0.15, -0.1) is 0 Å². The van der Waals surface area contributed by atoms with Crippen molar-refractivity contribution in [2.24, 2.45) is 0 Å². The highest BCUT2D eigenvalue weighted by Crippen LogP contribution is 2.13. The van der Waals surface area contributed by atoms with Crippen LogP contribution in [-0.2, 0) is 6.42 Å². The van der Waals surface area contributed by atoms with E-state index in [4.69, 9.17) is 5.26 Å². The molecule has 0 radical (unpaired) electrons. The first-order valence-electron chi connectivity index (χ1n) is 7.51. The third-order valence-corrected chi connectivity index (χ3v) is 3.51. The fourth-order valence-electron chi connectivity index (χ4n) is 2.34. The topological polar surface area (TPSA) is 78.7 Å². The van der Waals surface area contributed by atoms with Crippen LogP contribution in [0.25, 0.3) is 0 Å². The molecule has 0 saturated carbocycles. The Morgan fingerprint density at radius 1 is 1.12 bits per heavy atom. The summed E-state index contributed by atoms with van der Waals surface area (Å²) >= 11 is 0. The van der Waals surface area contributed by atoms with Gasteiger partial charge in [0.1, 0.15) is 23.4 Å². The summed E-state index contributed by atoms with van der Waals surface area (Å²) in [6.45, 7) is 0. The fraction of sp³-hybridized carbons (Fsp3) is 0.0526. The Kier molecular flexibility index (Phi) is 4.77. The highest BCUT2D eigenvalue weighted by molar-refractivity contribution is 6.03. The Balaban J connectivity index is 1.70. The van der Waals surface area contributed by atoms with Gasteiger partial charge in [-0.05, 0) is 47.9 Å². The van der Waals surface area contributed by atoms with E-state index >= 15 is 0 Å². The molecule has 0 aliphatic rings. The first kappa shape index (κ1) is 16.3. The molecule has 0 unspecified atom stereocenters. The highest BCUT2D eigenvalue weighted by atomic mass is 19.1. The maximum Gasteiger partial charge on any atom is 0.276 e. The third kappa shape index (κ3) is 4.03. The van der Waals surface area contributed by atoms with E-state index in [1.165, 1.54) is 24.4 Å². The molecule has 25 heavy (non-hydrogen) atoms. The number of nitrogens with one attached hydrogen (secondary N) is 1. The second-order valence-electron chi connectivity index (χ2n) is 5.32. The Morgan fingerprint density at radius 2 is 2.00 bits per heavy atom. The number of anilines is 1. The van der Waals surface area contributed by atoms with Crippen LogP contribution in [0.15, 0.2) is 60.9 Å². The van der Waals surface area contributed by atoms with E-state index in [2.05, 4.69) is 15.3 Å². The summed E-state index contributed by atoms with van der Waals surface area (Å²) in [5.41, 5.74) is 1.98. The molecule has 0 aliphatic carbocycles. The number of halogens is 1. The van der Waals surface area contributed by atoms with E-state index in [-0.39, 0.29) is 17.1 Å². The predicted molar refractivity (Wildman–Crippen MR) is 90.3 cm³/mol. The molecule has 3 aromatic rings. The number of carbonyl (C=O) groups excluding carboxylic acids is 1. The summed E-state index contributed by atoms with van der Waals surface area (Å²) in [5, 5.41) is 11.6. The minimum atomic E-state index is -0.498. The van der Waals surface area contributed by atoms with Gasteiger partial charge in [0.2, 0.25) is 0 Å². The SMILES string of the molecule is N#Cc1cccnc1C(=O)Nc1ccc(Cc2cccc(F)c2)cn1. The van der Waals surface area contributed by atoms with E-state index < -0.39 is 5.91 Å². The smallest absolute Gasteiger partial charge is 0.276 e. The molecule has 3 rings (SSSR count). The van der Waals surface area contributed by atoms with E-state index in [1.54, 1.807) is 30.5 Å². The summed E-state index contributed by atoms with van der Waals surface area (Å²) in [6, 6.07) is 14.9. The molecule has 1 aromatic carbocycles. The van der Waals surface area contributed by atoms with E-state index in [0.717, 1.165) is 11.1 Å². The van der Waals surface area contributed by atoms with Gasteiger partial charge in [0.25, 0.3) is 5.91 Å². The van der Waals surface area contributed by atoms with Crippen LogP contribution in [0.4, 0.5) is 10.2 Å². The summed E-state index contributed by atoms with van der Waals surface area (Å²) in [4.78, 5) is 20.3. The molecule has 1 N–H and O–H groups in total. The molecular formula is C19H13FN4O. The second kappa shape index (κ2) is 7.32. The minimum Gasteiger partial charge on any atom is -0.305 e. The lowest BCUT2D eigenvalue weighted by Gasteiger charge is -2.06. The normalized spacial score (nSPS) is 10.1. The van der Waals surface area contributed by atoms with Crippen LogP contribution in [0.1, 0.15) is 27.2 Å². The quantitative estimate of drug-likeness (QED) is 0.795. The summed E-state index contributed by atoms with van der Waals surface area (Å²) in [7, 11) is 0.